The van der Waals surface area contributed by atoms with Gasteiger partial charge in [0.25, 0.3) is 0 Å². The molecule has 1 fully saturated rings. The number of nitrogens with zero attached hydrogens (tertiary/aromatic N) is 1. The van der Waals surface area contributed by atoms with Crippen molar-refractivity contribution in [2.24, 2.45) is 0 Å². The van der Waals surface area contributed by atoms with Gasteiger partial charge < -0.3 is 10.1 Å². The minimum absolute atomic E-state index is 0.162. The third-order valence-electron chi connectivity index (χ3n) is 4.96. The molecule has 1 N–H and O–H groups in total. The lowest BCUT2D eigenvalue weighted by atomic mass is 10.1. The van der Waals surface area contributed by atoms with Gasteiger partial charge in [-0.05, 0) is 51.3 Å². The molecular weight excluding hydrogens is 412 g/mol. The van der Waals surface area contributed by atoms with E-state index in [2.05, 4.69) is 5.32 Å². The van der Waals surface area contributed by atoms with Crippen LogP contribution in [-0.2, 0) is 19.6 Å². The first-order valence-corrected chi connectivity index (χ1v) is 11.7. The van der Waals surface area contributed by atoms with Gasteiger partial charge in [-0.1, -0.05) is 18.2 Å². The summed E-state index contributed by atoms with van der Waals surface area (Å²) in [7, 11) is -3.78. The summed E-state index contributed by atoms with van der Waals surface area (Å²) in [6, 6.07) is 7.27. The molecule has 0 aliphatic carbocycles. The summed E-state index contributed by atoms with van der Waals surface area (Å²) in [5, 5.41) is 3.18. The molecule has 1 aliphatic rings. The molecule has 0 spiro atoms. The van der Waals surface area contributed by atoms with E-state index in [-0.39, 0.29) is 18.0 Å². The minimum atomic E-state index is -3.78. The van der Waals surface area contributed by atoms with E-state index in [1.54, 1.807) is 32.0 Å². The molecule has 1 aromatic carbocycles. The highest BCUT2D eigenvalue weighted by atomic mass is 32.2. The smallest absolute Gasteiger partial charge is 0.341 e. The number of nitrogens with one attached hydrogen (secondary N) is 1. The molecule has 156 valence electrons. The summed E-state index contributed by atoms with van der Waals surface area (Å²) in [5.41, 5.74) is 1.09. The van der Waals surface area contributed by atoms with E-state index in [4.69, 9.17) is 4.74 Å². The van der Waals surface area contributed by atoms with E-state index < -0.39 is 27.9 Å². The Hall–Kier alpha value is -2.23. The average molecular weight is 437 g/mol. The lowest BCUT2D eigenvalue weighted by Crippen LogP contribution is -2.43. The number of anilines is 1. The molecular formula is C20H24N2O5S2. The molecule has 9 heteroatoms. The van der Waals surface area contributed by atoms with Crippen LogP contribution in [-0.4, -0.2) is 43.8 Å². The molecule has 0 bridgehead atoms. The topological polar surface area (TPSA) is 92.8 Å². The fourth-order valence-electron chi connectivity index (χ4n) is 3.38. The summed E-state index contributed by atoms with van der Waals surface area (Å²) < 4.78 is 32.3. The molecule has 29 heavy (non-hydrogen) atoms. The van der Waals surface area contributed by atoms with E-state index in [0.717, 1.165) is 10.4 Å². The second-order valence-electron chi connectivity index (χ2n) is 6.78. The first-order chi connectivity index (χ1) is 13.8. The first-order valence-electron chi connectivity index (χ1n) is 9.42. The first kappa shape index (κ1) is 21.5. The fraction of sp³-hybridized carbons (Fsp3) is 0.400. The van der Waals surface area contributed by atoms with Crippen LogP contribution in [0.5, 0.6) is 0 Å². The van der Waals surface area contributed by atoms with Crippen molar-refractivity contribution in [3.05, 3.63) is 46.3 Å². The average Bonchev–Trinajstić information content (AvgIpc) is 3.29. The number of hydrogen-bond acceptors (Lipinski definition) is 6. The number of amides is 1. The number of aryl methyl sites for hydroxylation is 1. The predicted molar refractivity (Wildman–Crippen MR) is 112 cm³/mol. The monoisotopic (exact) mass is 436 g/mol. The Morgan fingerprint density at radius 2 is 1.93 bits per heavy atom. The number of thiophene rings is 1. The van der Waals surface area contributed by atoms with Gasteiger partial charge in [0.05, 0.1) is 17.1 Å². The van der Waals surface area contributed by atoms with Crippen LogP contribution < -0.4 is 5.32 Å². The molecule has 1 saturated heterocycles. The Morgan fingerprint density at radius 1 is 1.24 bits per heavy atom. The van der Waals surface area contributed by atoms with Gasteiger partial charge in [0, 0.05) is 11.4 Å². The Labute approximate surface area is 174 Å². The second kappa shape index (κ2) is 8.64. The van der Waals surface area contributed by atoms with Crippen molar-refractivity contribution in [2.75, 3.05) is 18.5 Å². The zero-order valence-electron chi connectivity index (χ0n) is 16.6. The minimum Gasteiger partial charge on any atom is -0.462 e. The Balaban J connectivity index is 1.86. The highest BCUT2D eigenvalue weighted by molar-refractivity contribution is 7.89. The predicted octanol–water partition coefficient (Wildman–Crippen LogP) is 3.33. The summed E-state index contributed by atoms with van der Waals surface area (Å²) in [6.07, 6.45) is 1.02. The van der Waals surface area contributed by atoms with Crippen LogP contribution >= 0.6 is 11.3 Å². The van der Waals surface area contributed by atoms with Crippen molar-refractivity contribution >= 4 is 38.2 Å². The van der Waals surface area contributed by atoms with Crippen molar-refractivity contribution in [2.45, 2.75) is 44.6 Å². The largest absolute Gasteiger partial charge is 0.462 e. The quantitative estimate of drug-likeness (QED) is 0.701. The lowest BCUT2D eigenvalue weighted by Gasteiger charge is -2.23. The van der Waals surface area contributed by atoms with Gasteiger partial charge in [-0.15, -0.1) is 11.3 Å². The highest BCUT2D eigenvalue weighted by Gasteiger charge is 2.40. The van der Waals surface area contributed by atoms with Crippen LogP contribution in [0.4, 0.5) is 5.00 Å². The van der Waals surface area contributed by atoms with Crippen LogP contribution in [0.1, 0.15) is 40.6 Å². The number of carbonyl (C=O) groups excluding carboxylic acids is 2. The maximum atomic E-state index is 13.0. The van der Waals surface area contributed by atoms with Gasteiger partial charge >= 0.3 is 5.97 Å². The van der Waals surface area contributed by atoms with Crippen molar-refractivity contribution in [1.29, 1.82) is 0 Å². The van der Waals surface area contributed by atoms with Gasteiger partial charge in [0.15, 0.2) is 0 Å². The van der Waals surface area contributed by atoms with Gasteiger partial charge in [-0.2, -0.15) is 4.31 Å². The summed E-state index contributed by atoms with van der Waals surface area (Å²) in [4.78, 5) is 26.4. The lowest BCUT2D eigenvalue weighted by molar-refractivity contribution is -0.119. The van der Waals surface area contributed by atoms with Crippen LogP contribution in [0.2, 0.25) is 0 Å². The van der Waals surface area contributed by atoms with Crippen molar-refractivity contribution in [3.8, 4) is 0 Å². The van der Waals surface area contributed by atoms with Crippen molar-refractivity contribution in [1.82, 2.24) is 4.31 Å². The van der Waals surface area contributed by atoms with E-state index in [1.807, 2.05) is 6.92 Å². The standard InChI is InChI=1S/C20H24N2O5S2/c1-4-27-20(24)17-13(2)14(3)28-19(17)21-18(23)16-11-8-12-22(16)29(25,26)15-9-6-5-7-10-15/h5-7,9-10,16H,4,8,11-12H2,1-3H3,(H,21,23)/t16-/m1/s1. The molecule has 2 heterocycles. The molecule has 0 unspecified atom stereocenters. The number of benzene rings is 1. The van der Waals surface area contributed by atoms with E-state index in [1.165, 1.54) is 27.8 Å². The number of ether oxygens (including phenoxy) is 1. The zero-order chi connectivity index (χ0) is 21.2. The number of esters is 1. The molecule has 3 rings (SSSR count). The van der Waals surface area contributed by atoms with E-state index in [9.17, 15) is 18.0 Å². The summed E-state index contributed by atoms with van der Waals surface area (Å²) in [6.45, 7) is 5.89. The van der Waals surface area contributed by atoms with Gasteiger partial charge in [-0.25, -0.2) is 13.2 Å². The molecule has 0 radical (unpaired) electrons. The van der Waals surface area contributed by atoms with Crippen molar-refractivity contribution < 1.29 is 22.7 Å². The number of rotatable bonds is 6. The molecule has 1 atom stereocenters. The third-order valence-corrected chi connectivity index (χ3v) is 8.00. The van der Waals surface area contributed by atoms with Crippen molar-refractivity contribution in [3.63, 3.8) is 0 Å². The molecule has 1 aromatic heterocycles. The number of carbonyl (C=O) groups is 2. The third kappa shape index (κ3) is 4.22. The molecule has 7 nitrogen and oxygen atoms in total. The highest BCUT2D eigenvalue weighted by Crippen LogP contribution is 2.34. The van der Waals surface area contributed by atoms with Crippen LogP contribution in [0.25, 0.3) is 0 Å². The normalized spacial score (nSPS) is 17.3. The fourth-order valence-corrected chi connectivity index (χ4v) is 6.11. The SMILES string of the molecule is CCOC(=O)c1c(NC(=O)[C@H]2CCCN2S(=O)(=O)c2ccccc2)sc(C)c1C. The molecule has 2 aromatic rings. The molecule has 0 saturated carbocycles. The number of sulfonamides is 1. The molecule has 1 aliphatic heterocycles. The number of hydrogen-bond donors (Lipinski definition) is 1. The Bertz CT molecular complexity index is 1010. The van der Waals surface area contributed by atoms with E-state index in [0.29, 0.717) is 23.4 Å². The Morgan fingerprint density at radius 3 is 2.59 bits per heavy atom. The van der Waals surface area contributed by atoms with Crippen LogP contribution in [0, 0.1) is 13.8 Å². The van der Waals surface area contributed by atoms with Crippen LogP contribution in [0.3, 0.4) is 0 Å². The second-order valence-corrected chi connectivity index (χ2v) is 9.90. The summed E-state index contributed by atoms with van der Waals surface area (Å²) >= 11 is 1.29. The zero-order valence-corrected chi connectivity index (χ0v) is 18.2. The summed E-state index contributed by atoms with van der Waals surface area (Å²) in [5.74, 6) is -0.932. The van der Waals surface area contributed by atoms with Gasteiger partial charge in [-0.3, -0.25) is 4.79 Å². The van der Waals surface area contributed by atoms with Crippen LogP contribution in [0.15, 0.2) is 35.2 Å². The maximum Gasteiger partial charge on any atom is 0.341 e. The molecule has 1 amide bonds. The van der Waals surface area contributed by atoms with Gasteiger partial charge in [0.2, 0.25) is 15.9 Å². The van der Waals surface area contributed by atoms with E-state index >= 15 is 0 Å². The van der Waals surface area contributed by atoms with Gasteiger partial charge in [0.1, 0.15) is 11.0 Å². The Kier molecular flexibility index (Phi) is 6.40. The maximum absolute atomic E-state index is 13.0.